The van der Waals surface area contributed by atoms with Gasteiger partial charge in [-0.2, -0.15) is 0 Å². The van der Waals surface area contributed by atoms with Crippen LogP contribution in [0.25, 0.3) is 0 Å². The van der Waals surface area contributed by atoms with Gasteiger partial charge in [-0.05, 0) is 94.8 Å². The van der Waals surface area contributed by atoms with Crippen LogP contribution in [-0.4, -0.2) is 70.7 Å². The molecule has 1 amide bonds. The lowest BCUT2D eigenvalue weighted by molar-refractivity contribution is -0.181. The van der Waals surface area contributed by atoms with E-state index in [0.29, 0.717) is 19.6 Å². The summed E-state index contributed by atoms with van der Waals surface area (Å²) in [5.41, 5.74) is -1.15. The zero-order valence-electron chi connectivity index (χ0n) is 29.5. The van der Waals surface area contributed by atoms with Crippen LogP contribution in [0.5, 0.6) is 0 Å². The Labute approximate surface area is 289 Å². The summed E-state index contributed by atoms with van der Waals surface area (Å²) in [7, 11) is 0. The number of ether oxygens (including phenoxy) is 2. The highest BCUT2D eigenvalue weighted by Gasteiger charge is 2.68. The van der Waals surface area contributed by atoms with Crippen molar-refractivity contribution >= 4 is 23.4 Å². The van der Waals surface area contributed by atoms with Gasteiger partial charge in [-0.1, -0.05) is 55.8 Å². The molecule has 5 aliphatic rings. The van der Waals surface area contributed by atoms with E-state index in [1.807, 2.05) is 31.2 Å². The summed E-state index contributed by atoms with van der Waals surface area (Å²) < 4.78 is 11.3. The van der Waals surface area contributed by atoms with Crippen LogP contribution in [-0.2, 0) is 34.1 Å². The second-order valence-corrected chi connectivity index (χ2v) is 16.5. The summed E-state index contributed by atoms with van der Waals surface area (Å²) in [4.78, 5) is 51.1. The molecule has 9 heteroatoms. The molecule has 1 aliphatic heterocycles. The normalized spacial score (nSPS) is 37.7. The molecular formula is C40H53NO8. The second kappa shape index (κ2) is 13.2. The lowest BCUT2D eigenvalue weighted by atomic mass is 9.46. The summed E-state index contributed by atoms with van der Waals surface area (Å²) in [6.07, 6.45) is 9.33. The first kappa shape index (κ1) is 35.7. The largest absolute Gasteiger partial charge is 0.458 e. The number of carbonyl (C=O) groups is 4. The van der Waals surface area contributed by atoms with Crippen LogP contribution in [0.15, 0.2) is 54.1 Å². The average Bonchev–Trinajstić information content (AvgIpc) is 3.33. The molecule has 266 valence electrons. The van der Waals surface area contributed by atoms with E-state index in [9.17, 15) is 29.4 Å². The van der Waals surface area contributed by atoms with Gasteiger partial charge in [0.05, 0.1) is 18.1 Å². The summed E-state index contributed by atoms with van der Waals surface area (Å²) in [6, 6.07) is 10.3. The van der Waals surface area contributed by atoms with E-state index in [-0.39, 0.29) is 66.1 Å². The summed E-state index contributed by atoms with van der Waals surface area (Å²) >= 11 is 0. The first-order chi connectivity index (χ1) is 23.1. The number of hydrogen-bond donors (Lipinski definition) is 3. The van der Waals surface area contributed by atoms with Gasteiger partial charge in [0, 0.05) is 41.7 Å². The Kier molecular flexibility index (Phi) is 9.61. The number of allylic oxidation sites excluding steroid dienone is 4. The number of carbonyl (C=O) groups excluding carboxylic acids is 4. The number of fused-ring (bicyclic) bond motifs is 5. The Morgan fingerprint density at radius 2 is 1.80 bits per heavy atom. The van der Waals surface area contributed by atoms with Crippen LogP contribution in [0.3, 0.4) is 0 Å². The predicted octanol–water partition coefficient (Wildman–Crippen LogP) is 4.92. The molecule has 0 unspecified atom stereocenters. The summed E-state index contributed by atoms with van der Waals surface area (Å²) in [6.45, 7) is 8.71. The van der Waals surface area contributed by atoms with Gasteiger partial charge in [0.2, 0.25) is 11.7 Å². The van der Waals surface area contributed by atoms with E-state index in [4.69, 9.17) is 9.47 Å². The lowest BCUT2D eigenvalue weighted by Gasteiger charge is -2.59. The van der Waals surface area contributed by atoms with Gasteiger partial charge in [-0.15, -0.1) is 0 Å². The number of aliphatic hydroxyl groups is 2. The smallest absolute Gasteiger partial charge is 0.306 e. The quantitative estimate of drug-likeness (QED) is 0.297. The van der Waals surface area contributed by atoms with Crippen molar-refractivity contribution in [3.8, 4) is 0 Å². The van der Waals surface area contributed by atoms with Gasteiger partial charge < -0.3 is 25.0 Å². The fourth-order valence-corrected chi connectivity index (χ4v) is 10.7. The van der Waals surface area contributed by atoms with Crippen molar-refractivity contribution in [1.82, 2.24) is 5.32 Å². The molecule has 1 aromatic rings. The Hall–Kier alpha value is -3.14. The van der Waals surface area contributed by atoms with E-state index in [0.717, 1.165) is 37.7 Å². The highest BCUT2D eigenvalue weighted by molar-refractivity contribution is 6.01. The van der Waals surface area contributed by atoms with Crippen LogP contribution >= 0.6 is 0 Å². The van der Waals surface area contributed by atoms with E-state index in [2.05, 4.69) is 38.2 Å². The van der Waals surface area contributed by atoms with E-state index in [1.54, 1.807) is 12.2 Å². The van der Waals surface area contributed by atoms with E-state index < -0.39 is 40.9 Å². The van der Waals surface area contributed by atoms with Crippen molar-refractivity contribution in [2.24, 2.45) is 28.6 Å². The standard InChI is InChI=1S/C40H53NO8/c1-36(2)25-39(19-21-49-36,26-8-6-5-7-9-26)18-20-41-33(45)12-13-34(46)48-24-32(44)40(47)17-15-30-29-11-10-27-22-28(42)14-16-37(27,3)35(29)31(43)23-38(30,40)4/h5-9,14,16,22,29-31,35,43,47H,10-13,15,17-21,23-25H2,1-4H3,(H,41,45)/t29-,30-,31+,35+,37+,38+,39-,40+/m1/s1. The lowest BCUT2D eigenvalue weighted by Crippen LogP contribution is -2.61. The van der Waals surface area contributed by atoms with E-state index >= 15 is 0 Å². The van der Waals surface area contributed by atoms with Crippen molar-refractivity contribution in [3.05, 3.63) is 59.7 Å². The number of nitrogens with one attached hydrogen (secondary N) is 1. The van der Waals surface area contributed by atoms with Crippen molar-refractivity contribution in [2.45, 2.75) is 115 Å². The molecule has 0 radical (unpaired) electrons. The van der Waals surface area contributed by atoms with Gasteiger partial charge in [0.25, 0.3) is 0 Å². The second-order valence-electron chi connectivity index (χ2n) is 16.5. The highest BCUT2D eigenvalue weighted by atomic mass is 16.5. The molecule has 6 rings (SSSR count). The minimum absolute atomic E-state index is 0.00638. The molecule has 8 atom stereocenters. The number of rotatable bonds is 10. The zero-order chi connectivity index (χ0) is 35.2. The van der Waals surface area contributed by atoms with Crippen LogP contribution in [0.2, 0.25) is 0 Å². The number of benzene rings is 1. The number of esters is 1. The van der Waals surface area contributed by atoms with Crippen LogP contribution in [0.4, 0.5) is 0 Å². The number of Topliss-reactive ketones (excluding diaryl/α,β-unsaturated/α-hetero) is 1. The fourth-order valence-electron chi connectivity index (χ4n) is 10.7. The summed E-state index contributed by atoms with van der Waals surface area (Å²) in [5.74, 6) is -1.53. The summed E-state index contributed by atoms with van der Waals surface area (Å²) in [5, 5.41) is 26.5. The molecule has 1 saturated heterocycles. The molecule has 1 aromatic carbocycles. The minimum Gasteiger partial charge on any atom is -0.458 e. The average molecular weight is 676 g/mol. The van der Waals surface area contributed by atoms with Gasteiger partial charge in [-0.25, -0.2) is 0 Å². The van der Waals surface area contributed by atoms with Gasteiger partial charge >= 0.3 is 5.97 Å². The SMILES string of the molecule is CC1(C)C[C@](CCNC(=O)CCC(=O)OCC(=O)[C@@]2(O)CC[C@@H]3[C@H]4CCC5=CC(=O)C=C[C@]5(C)[C@@H]4[C@@H](O)C[C@@]32C)(c2ccccc2)CCO1. The number of aliphatic hydroxyl groups excluding tert-OH is 1. The van der Waals surface area contributed by atoms with Crippen molar-refractivity contribution in [3.63, 3.8) is 0 Å². The van der Waals surface area contributed by atoms with Crippen LogP contribution in [0.1, 0.15) is 97.5 Å². The van der Waals surface area contributed by atoms with Crippen LogP contribution < -0.4 is 5.32 Å². The topological polar surface area (TPSA) is 139 Å². The van der Waals surface area contributed by atoms with Gasteiger partial charge in [-0.3, -0.25) is 19.2 Å². The van der Waals surface area contributed by atoms with Crippen molar-refractivity contribution in [1.29, 1.82) is 0 Å². The molecule has 3 saturated carbocycles. The Morgan fingerprint density at radius 3 is 2.53 bits per heavy atom. The predicted molar refractivity (Wildman–Crippen MR) is 183 cm³/mol. The third-order valence-electron chi connectivity index (χ3n) is 13.2. The molecule has 0 bridgehead atoms. The van der Waals surface area contributed by atoms with Gasteiger partial charge in [0.15, 0.2) is 12.4 Å². The zero-order valence-corrected chi connectivity index (χ0v) is 29.5. The molecule has 4 aliphatic carbocycles. The monoisotopic (exact) mass is 675 g/mol. The Morgan fingerprint density at radius 1 is 1.04 bits per heavy atom. The maximum absolute atomic E-state index is 13.6. The minimum atomic E-state index is -1.73. The molecule has 49 heavy (non-hydrogen) atoms. The molecule has 0 aromatic heterocycles. The molecule has 0 spiro atoms. The van der Waals surface area contributed by atoms with Crippen LogP contribution in [0, 0.1) is 28.6 Å². The Bertz CT molecular complexity index is 1530. The number of ketones is 2. The van der Waals surface area contributed by atoms with E-state index in [1.165, 1.54) is 5.56 Å². The number of hydrogen-bond acceptors (Lipinski definition) is 8. The number of amides is 1. The maximum Gasteiger partial charge on any atom is 0.306 e. The highest BCUT2D eigenvalue weighted by Crippen LogP contribution is 2.67. The Balaban J connectivity index is 1.00. The third-order valence-corrected chi connectivity index (χ3v) is 13.2. The molecule has 3 N–H and O–H groups in total. The molecule has 4 fully saturated rings. The van der Waals surface area contributed by atoms with Gasteiger partial charge in [0.1, 0.15) is 5.60 Å². The third kappa shape index (κ3) is 6.47. The molecule has 9 nitrogen and oxygen atoms in total. The first-order valence-corrected chi connectivity index (χ1v) is 18.1. The van der Waals surface area contributed by atoms with Crippen molar-refractivity contribution in [2.75, 3.05) is 19.8 Å². The first-order valence-electron chi connectivity index (χ1n) is 18.1. The molecular weight excluding hydrogens is 622 g/mol. The maximum atomic E-state index is 13.6. The molecule has 1 heterocycles. The fraction of sp³-hybridized carbons (Fsp3) is 0.650. The van der Waals surface area contributed by atoms with Crippen molar-refractivity contribution < 1.29 is 38.9 Å².